The van der Waals surface area contributed by atoms with Crippen LogP contribution in [-0.4, -0.2) is 18.6 Å². The van der Waals surface area contributed by atoms with Crippen molar-refractivity contribution < 1.29 is 4.79 Å². The predicted molar refractivity (Wildman–Crippen MR) is 51.4 cm³/mol. The predicted octanol–water partition coefficient (Wildman–Crippen LogP) is 1.49. The van der Waals surface area contributed by atoms with Gasteiger partial charge in [0, 0.05) is 12.6 Å². The lowest BCUT2D eigenvalue weighted by atomic mass is 10.2. The van der Waals surface area contributed by atoms with Crippen molar-refractivity contribution in [3.63, 3.8) is 0 Å². The Bertz CT molecular complexity index is 221. The maximum absolute atomic E-state index is 11.3. The van der Waals surface area contributed by atoms with E-state index in [2.05, 4.69) is 24.5 Å². The Hall–Kier alpha value is -0.730. The Morgan fingerprint density at radius 2 is 2.08 bits per heavy atom. The molecule has 2 aliphatic rings. The smallest absolute Gasteiger partial charge is 0.315 e. The zero-order chi connectivity index (χ0) is 9.47. The molecule has 0 heterocycles. The van der Waals surface area contributed by atoms with Gasteiger partial charge in [-0.25, -0.2) is 4.79 Å². The lowest BCUT2D eigenvalue weighted by Gasteiger charge is -2.07. The SMILES string of the molecule is CC1(C)CC1NC(=O)NCC1CC1. The number of carbonyl (C=O) groups excluding carboxylic acids is 1. The van der Waals surface area contributed by atoms with E-state index in [0.717, 1.165) is 18.9 Å². The molecule has 13 heavy (non-hydrogen) atoms. The van der Waals surface area contributed by atoms with Crippen molar-refractivity contribution in [2.24, 2.45) is 11.3 Å². The lowest BCUT2D eigenvalue weighted by molar-refractivity contribution is 0.238. The van der Waals surface area contributed by atoms with E-state index < -0.39 is 0 Å². The van der Waals surface area contributed by atoms with E-state index in [9.17, 15) is 4.79 Å². The highest BCUT2D eigenvalue weighted by Crippen LogP contribution is 2.44. The highest BCUT2D eigenvalue weighted by Gasteiger charge is 2.46. The van der Waals surface area contributed by atoms with Crippen molar-refractivity contribution in [2.75, 3.05) is 6.54 Å². The maximum atomic E-state index is 11.3. The first-order valence-corrected chi connectivity index (χ1v) is 5.12. The fourth-order valence-corrected chi connectivity index (χ4v) is 1.48. The molecule has 0 radical (unpaired) electrons. The third-order valence-electron chi connectivity index (χ3n) is 3.07. The summed E-state index contributed by atoms with van der Waals surface area (Å²) < 4.78 is 0. The monoisotopic (exact) mass is 182 g/mol. The van der Waals surface area contributed by atoms with Crippen LogP contribution in [0.3, 0.4) is 0 Å². The summed E-state index contributed by atoms with van der Waals surface area (Å²) in [5, 5.41) is 5.88. The van der Waals surface area contributed by atoms with Crippen LogP contribution in [0.1, 0.15) is 33.1 Å². The van der Waals surface area contributed by atoms with Gasteiger partial charge in [-0.15, -0.1) is 0 Å². The van der Waals surface area contributed by atoms with Gasteiger partial charge in [0.2, 0.25) is 0 Å². The highest BCUT2D eigenvalue weighted by molar-refractivity contribution is 5.74. The molecule has 0 saturated heterocycles. The summed E-state index contributed by atoms with van der Waals surface area (Å²) in [6.45, 7) is 5.22. The highest BCUT2D eigenvalue weighted by atomic mass is 16.2. The molecule has 0 bridgehead atoms. The summed E-state index contributed by atoms with van der Waals surface area (Å²) in [6.07, 6.45) is 3.69. The van der Waals surface area contributed by atoms with Gasteiger partial charge >= 0.3 is 6.03 Å². The molecule has 74 valence electrons. The minimum Gasteiger partial charge on any atom is -0.338 e. The van der Waals surface area contributed by atoms with Crippen LogP contribution in [0.4, 0.5) is 4.79 Å². The summed E-state index contributed by atoms with van der Waals surface area (Å²) in [6, 6.07) is 0.411. The summed E-state index contributed by atoms with van der Waals surface area (Å²) in [5.41, 5.74) is 0.330. The molecule has 0 spiro atoms. The van der Waals surface area contributed by atoms with Crippen LogP contribution in [0.2, 0.25) is 0 Å². The number of urea groups is 1. The van der Waals surface area contributed by atoms with Gasteiger partial charge in [0.05, 0.1) is 0 Å². The van der Waals surface area contributed by atoms with E-state index in [0.29, 0.717) is 11.5 Å². The zero-order valence-electron chi connectivity index (χ0n) is 8.39. The van der Waals surface area contributed by atoms with Crippen molar-refractivity contribution in [3.8, 4) is 0 Å². The van der Waals surface area contributed by atoms with Crippen LogP contribution in [-0.2, 0) is 0 Å². The topological polar surface area (TPSA) is 41.1 Å². The molecule has 3 nitrogen and oxygen atoms in total. The number of hydrogen-bond donors (Lipinski definition) is 2. The molecular formula is C10H18N2O. The van der Waals surface area contributed by atoms with Gasteiger partial charge in [0.15, 0.2) is 0 Å². The van der Waals surface area contributed by atoms with E-state index >= 15 is 0 Å². The number of amides is 2. The van der Waals surface area contributed by atoms with Gasteiger partial charge in [0.1, 0.15) is 0 Å². The van der Waals surface area contributed by atoms with Crippen molar-refractivity contribution in [2.45, 2.75) is 39.2 Å². The summed E-state index contributed by atoms with van der Waals surface area (Å²) in [4.78, 5) is 11.3. The molecule has 2 rings (SSSR count). The molecular weight excluding hydrogens is 164 g/mol. The first-order valence-electron chi connectivity index (χ1n) is 5.12. The summed E-state index contributed by atoms with van der Waals surface area (Å²) in [7, 11) is 0. The van der Waals surface area contributed by atoms with Crippen LogP contribution in [0.25, 0.3) is 0 Å². The van der Waals surface area contributed by atoms with Crippen LogP contribution in [0.15, 0.2) is 0 Å². The average Bonchev–Trinajstić information content (AvgIpc) is 2.88. The lowest BCUT2D eigenvalue weighted by Crippen LogP contribution is -2.39. The molecule has 1 atom stereocenters. The largest absolute Gasteiger partial charge is 0.338 e. The maximum Gasteiger partial charge on any atom is 0.315 e. The Morgan fingerprint density at radius 3 is 2.54 bits per heavy atom. The number of nitrogens with one attached hydrogen (secondary N) is 2. The minimum atomic E-state index is 0.0162. The summed E-state index contributed by atoms with van der Waals surface area (Å²) in [5.74, 6) is 0.762. The van der Waals surface area contributed by atoms with E-state index in [-0.39, 0.29) is 6.03 Å². The molecule has 0 aromatic heterocycles. The van der Waals surface area contributed by atoms with Crippen molar-refractivity contribution in [1.29, 1.82) is 0 Å². The first-order chi connectivity index (χ1) is 6.08. The molecule has 2 aliphatic carbocycles. The quantitative estimate of drug-likeness (QED) is 0.682. The van der Waals surface area contributed by atoms with Gasteiger partial charge < -0.3 is 10.6 Å². The zero-order valence-corrected chi connectivity index (χ0v) is 8.39. The van der Waals surface area contributed by atoms with Crippen LogP contribution >= 0.6 is 0 Å². The standard InChI is InChI=1S/C10H18N2O/c1-10(2)5-8(10)12-9(13)11-6-7-3-4-7/h7-8H,3-6H2,1-2H3,(H2,11,12,13). The van der Waals surface area contributed by atoms with Gasteiger partial charge in [-0.05, 0) is 30.6 Å². The molecule has 2 N–H and O–H groups in total. The van der Waals surface area contributed by atoms with Gasteiger partial charge in [-0.3, -0.25) is 0 Å². The molecule has 2 saturated carbocycles. The Morgan fingerprint density at radius 1 is 1.46 bits per heavy atom. The Balaban J connectivity index is 1.61. The van der Waals surface area contributed by atoms with Crippen LogP contribution in [0, 0.1) is 11.3 Å². The normalized spacial score (nSPS) is 29.5. The van der Waals surface area contributed by atoms with E-state index in [1.807, 2.05) is 0 Å². The Kier molecular flexibility index (Phi) is 1.97. The number of carbonyl (C=O) groups is 1. The molecule has 3 heteroatoms. The number of hydrogen-bond acceptors (Lipinski definition) is 1. The van der Waals surface area contributed by atoms with Crippen LogP contribution < -0.4 is 10.6 Å². The summed E-state index contributed by atoms with van der Waals surface area (Å²) >= 11 is 0. The molecule has 0 aromatic rings. The second-order valence-corrected chi connectivity index (χ2v) is 5.04. The second-order valence-electron chi connectivity index (χ2n) is 5.04. The van der Waals surface area contributed by atoms with Crippen molar-refractivity contribution >= 4 is 6.03 Å². The minimum absolute atomic E-state index is 0.0162. The fraction of sp³-hybridized carbons (Fsp3) is 0.900. The Labute approximate surface area is 79.3 Å². The van der Waals surface area contributed by atoms with Gasteiger partial charge in [-0.1, -0.05) is 13.8 Å². The second kappa shape index (κ2) is 2.89. The van der Waals surface area contributed by atoms with Gasteiger partial charge in [-0.2, -0.15) is 0 Å². The first kappa shape index (κ1) is 8.85. The third-order valence-corrected chi connectivity index (χ3v) is 3.07. The van der Waals surface area contributed by atoms with Crippen molar-refractivity contribution in [3.05, 3.63) is 0 Å². The molecule has 2 amide bonds. The van der Waals surface area contributed by atoms with E-state index in [1.165, 1.54) is 12.8 Å². The molecule has 0 aliphatic heterocycles. The molecule has 2 fully saturated rings. The van der Waals surface area contributed by atoms with Gasteiger partial charge in [0.25, 0.3) is 0 Å². The fourth-order valence-electron chi connectivity index (χ4n) is 1.48. The van der Waals surface area contributed by atoms with Crippen molar-refractivity contribution in [1.82, 2.24) is 10.6 Å². The van der Waals surface area contributed by atoms with Crippen LogP contribution in [0.5, 0.6) is 0 Å². The molecule has 1 unspecified atom stereocenters. The average molecular weight is 182 g/mol. The van der Waals surface area contributed by atoms with E-state index in [4.69, 9.17) is 0 Å². The number of rotatable bonds is 3. The molecule has 0 aromatic carbocycles. The third kappa shape index (κ3) is 2.36. The van der Waals surface area contributed by atoms with E-state index in [1.54, 1.807) is 0 Å².